The van der Waals surface area contributed by atoms with Crippen molar-refractivity contribution in [3.05, 3.63) is 65.7 Å². The summed E-state index contributed by atoms with van der Waals surface area (Å²) < 4.78 is 5.49. The van der Waals surface area contributed by atoms with Crippen LogP contribution in [0, 0.1) is 0 Å². The van der Waals surface area contributed by atoms with Gasteiger partial charge in [-0.15, -0.1) is 0 Å². The molecule has 0 spiro atoms. The Morgan fingerprint density at radius 2 is 1.73 bits per heavy atom. The Morgan fingerprint density at radius 1 is 1.07 bits per heavy atom. The highest BCUT2D eigenvalue weighted by Gasteiger charge is 2.48. The minimum Gasteiger partial charge on any atom is -0.387 e. The molecule has 8 heteroatoms. The minimum absolute atomic E-state index is 0.0289. The molecule has 0 radical (unpaired) electrons. The molecule has 3 atom stereocenters. The lowest BCUT2D eigenvalue weighted by molar-refractivity contribution is -0.0464. The van der Waals surface area contributed by atoms with Gasteiger partial charge in [0.25, 0.3) is 11.8 Å². The molecule has 3 rings (SSSR count). The van der Waals surface area contributed by atoms with E-state index in [1.54, 1.807) is 48.5 Å². The van der Waals surface area contributed by atoms with E-state index in [2.05, 4.69) is 10.6 Å². The third-order valence-electron chi connectivity index (χ3n) is 5.13. The maximum Gasteiger partial charge on any atom is 0.251 e. The summed E-state index contributed by atoms with van der Waals surface area (Å²) in [5.41, 5.74) is 0.200. The van der Waals surface area contributed by atoms with Crippen LogP contribution in [0.25, 0.3) is 0 Å². The van der Waals surface area contributed by atoms with Gasteiger partial charge in [-0.05, 0) is 30.3 Å². The Kier molecular flexibility index (Phi) is 6.71. The van der Waals surface area contributed by atoms with Crippen LogP contribution in [-0.4, -0.2) is 73.6 Å². The normalized spacial score (nSPS) is 23.1. The summed E-state index contributed by atoms with van der Waals surface area (Å²) in [4.78, 5) is 26.5. The molecule has 0 aliphatic carbocycles. The van der Waals surface area contributed by atoms with Crippen LogP contribution in [0.5, 0.6) is 0 Å². The van der Waals surface area contributed by atoms with Crippen molar-refractivity contribution in [2.45, 2.75) is 17.8 Å². The number of aliphatic hydroxyl groups is 2. The van der Waals surface area contributed by atoms with Crippen molar-refractivity contribution in [2.75, 3.05) is 38.7 Å². The predicted molar refractivity (Wildman–Crippen MR) is 113 cm³/mol. The third-order valence-corrected chi connectivity index (χ3v) is 5.13. The molecule has 2 aromatic carbocycles. The summed E-state index contributed by atoms with van der Waals surface area (Å²) in [6.07, 6.45) is -2.05. The zero-order valence-electron chi connectivity index (χ0n) is 17.0. The Bertz CT molecular complexity index is 889. The average Bonchev–Trinajstić information content (AvgIpc) is 3.05. The maximum absolute atomic E-state index is 12.4. The minimum atomic E-state index is -1.63. The highest BCUT2D eigenvalue weighted by atomic mass is 16.5. The van der Waals surface area contributed by atoms with E-state index in [9.17, 15) is 19.8 Å². The van der Waals surface area contributed by atoms with Crippen LogP contribution in [0.15, 0.2) is 54.6 Å². The van der Waals surface area contributed by atoms with Gasteiger partial charge < -0.3 is 30.5 Å². The van der Waals surface area contributed by atoms with Gasteiger partial charge in [-0.2, -0.15) is 0 Å². The summed E-state index contributed by atoms with van der Waals surface area (Å²) in [6.45, 7) is -0.293. The molecule has 30 heavy (non-hydrogen) atoms. The second-order valence-corrected chi connectivity index (χ2v) is 7.60. The maximum atomic E-state index is 12.4. The second-order valence-electron chi connectivity index (χ2n) is 7.60. The van der Waals surface area contributed by atoms with Crippen LogP contribution in [-0.2, 0) is 4.74 Å². The van der Waals surface area contributed by atoms with Crippen LogP contribution < -0.4 is 15.5 Å². The topological polar surface area (TPSA) is 111 Å². The molecular formula is C22H27N3O5. The van der Waals surface area contributed by atoms with E-state index in [0.29, 0.717) is 11.1 Å². The number of nitrogens with one attached hydrogen (secondary N) is 2. The van der Waals surface area contributed by atoms with Gasteiger partial charge in [0.05, 0.1) is 13.2 Å². The van der Waals surface area contributed by atoms with Gasteiger partial charge >= 0.3 is 0 Å². The molecule has 1 saturated heterocycles. The van der Waals surface area contributed by atoms with Gasteiger partial charge in [0, 0.05) is 37.5 Å². The number of anilines is 1. The number of carbonyl (C=O) groups excluding carboxylic acids is 2. The monoisotopic (exact) mass is 413 g/mol. The Morgan fingerprint density at radius 3 is 2.43 bits per heavy atom. The molecule has 1 heterocycles. The lowest BCUT2D eigenvalue weighted by Gasteiger charge is -2.26. The van der Waals surface area contributed by atoms with E-state index in [0.717, 1.165) is 5.69 Å². The summed E-state index contributed by atoms with van der Waals surface area (Å²) in [5.74, 6) is -0.656. The van der Waals surface area contributed by atoms with Crippen LogP contribution in [0.3, 0.4) is 0 Å². The van der Waals surface area contributed by atoms with Crippen molar-refractivity contribution >= 4 is 17.5 Å². The molecular weight excluding hydrogens is 386 g/mol. The summed E-state index contributed by atoms with van der Waals surface area (Å²) in [6, 6.07) is 15.7. The molecule has 1 aliphatic rings. The number of benzene rings is 2. The molecule has 0 bridgehead atoms. The standard InChI is InChI=1S/C22H27N3O5/c1-25(2)17-10-6-9-16(11-17)21(28)23-12-18-19(26)22(29,14-30-18)13-24-20(27)15-7-4-3-5-8-15/h3-11,18-19,26,29H,12-14H2,1-2H3,(H,23,28)(H,24,27)/t18-,19-,22+/m1/s1. The largest absolute Gasteiger partial charge is 0.387 e. The molecule has 160 valence electrons. The van der Waals surface area contributed by atoms with Gasteiger partial charge in [0.2, 0.25) is 0 Å². The van der Waals surface area contributed by atoms with E-state index in [4.69, 9.17) is 4.74 Å². The first kappa shape index (κ1) is 21.8. The number of amides is 2. The molecule has 0 aromatic heterocycles. The van der Waals surface area contributed by atoms with E-state index >= 15 is 0 Å². The lowest BCUT2D eigenvalue weighted by atomic mass is 9.96. The molecule has 0 unspecified atom stereocenters. The molecule has 1 aliphatic heterocycles. The van der Waals surface area contributed by atoms with Gasteiger partial charge in [0.15, 0.2) is 0 Å². The van der Waals surface area contributed by atoms with Gasteiger partial charge in [-0.1, -0.05) is 24.3 Å². The first-order valence-corrected chi connectivity index (χ1v) is 9.71. The zero-order chi connectivity index (χ0) is 21.7. The fourth-order valence-corrected chi connectivity index (χ4v) is 3.25. The van der Waals surface area contributed by atoms with Gasteiger partial charge in [0.1, 0.15) is 17.8 Å². The van der Waals surface area contributed by atoms with Crippen molar-refractivity contribution in [1.29, 1.82) is 0 Å². The fourth-order valence-electron chi connectivity index (χ4n) is 3.25. The summed E-state index contributed by atoms with van der Waals surface area (Å²) >= 11 is 0. The van der Waals surface area contributed by atoms with E-state index < -0.39 is 17.8 Å². The van der Waals surface area contributed by atoms with Crippen LogP contribution in [0.4, 0.5) is 5.69 Å². The molecule has 4 N–H and O–H groups in total. The molecule has 2 amide bonds. The smallest absolute Gasteiger partial charge is 0.251 e. The zero-order valence-corrected chi connectivity index (χ0v) is 17.0. The highest BCUT2D eigenvalue weighted by Crippen LogP contribution is 2.24. The first-order chi connectivity index (χ1) is 14.3. The third kappa shape index (κ3) is 4.96. The second kappa shape index (κ2) is 9.25. The Hall–Kier alpha value is -2.94. The Labute approximate surface area is 175 Å². The SMILES string of the molecule is CN(C)c1cccc(C(=O)NC[C@H]2OC[C@@](O)(CNC(=O)c3ccccc3)[C@@H]2O)c1. The first-order valence-electron chi connectivity index (χ1n) is 9.71. The van der Waals surface area contributed by atoms with Crippen molar-refractivity contribution in [3.8, 4) is 0 Å². The van der Waals surface area contributed by atoms with E-state index in [1.807, 2.05) is 25.1 Å². The number of rotatable bonds is 7. The number of carbonyl (C=O) groups is 2. The molecule has 8 nitrogen and oxygen atoms in total. The number of nitrogens with zero attached hydrogens (tertiary/aromatic N) is 1. The molecule has 0 saturated carbocycles. The average molecular weight is 413 g/mol. The molecule has 1 fully saturated rings. The molecule has 2 aromatic rings. The van der Waals surface area contributed by atoms with E-state index in [-0.39, 0.29) is 31.5 Å². The number of hydrogen-bond acceptors (Lipinski definition) is 6. The fraction of sp³-hybridized carbons (Fsp3) is 0.364. The van der Waals surface area contributed by atoms with E-state index in [1.165, 1.54) is 0 Å². The quantitative estimate of drug-likeness (QED) is 0.523. The van der Waals surface area contributed by atoms with Crippen molar-refractivity contribution in [2.24, 2.45) is 0 Å². The highest BCUT2D eigenvalue weighted by molar-refractivity contribution is 5.95. The summed E-state index contributed by atoms with van der Waals surface area (Å²) in [7, 11) is 3.77. The lowest BCUT2D eigenvalue weighted by Crippen LogP contribution is -2.53. The Balaban J connectivity index is 1.53. The predicted octanol–water partition coefficient (Wildman–Crippen LogP) is 0.403. The van der Waals surface area contributed by atoms with Crippen LogP contribution >= 0.6 is 0 Å². The van der Waals surface area contributed by atoms with Crippen molar-refractivity contribution in [1.82, 2.24) is 10.6 Å². The van der Waals surface area contributed by atoms with Crippen molar-refractivity contribution < 1.29 is 24.5 Å². The van der Waals surface area contributed by atoms with Crippen molar-refractivity contribution in [3.63, 3.8) is 0 Å². The van der Waals surface area contributed by atoms with Gasteiger partial charge in [-0.3, -0.25) is 9.59 Å². The number of hydrogen-bond donors (Lipinski definition) is 4. The van der Waals surface area contributed by atoms with Crippen LogP contribution in [0.1, 0.15) is 20.7 Å². The van der Waals surface area contributed by atoms with Crippen LogP contribution in [0.2, 0.25) is 0 Å². The summed E-state index contributed by atoms with van der Waals surface area (Å²) in [5, 5.41) is 26.5. The number of ether oxygens (including phenoxy) is 1. The number of aliphatic hydroxyl groups excluding tert-OH is 1. The van der Waals surface area contributed by atoms with Gasteiger partial charge in [-0.25, -0.2) is 0 Å².